The molecule has 2 aromatic carbocycles. The molecule has 0 saturated carbocycles. The van der Waals surface area contributed by atoms with E-state index in [1.807, 2.05) is 6.07 Å². The first-order valence-corrected chi connectivity index (χ1v) is 11.1. The second-order valence-electron chi connectivity index (χ2n) is 6.83. The molecule has 0 radical (unpaired) electrons. The molecule has 1 aliphatic heterocycles. The van der Waals surface area contributed by atoms with Crippen molar-refractivity contribution in [2.45, 2.75) is 18.2 Å². The van der Waals surface area contributed by atoms with E-state index in [9.17, 15) is 8.42 Å². The van der Waals surface area contributed by atoms with Crippen LogP contribution in [-0.4, -0.2) is 52.6 Å². The lowest BCUT2D eigenvalue weighted by atomic mass is 10.2. The maximum absolute atomic E-state index is 12.5. The van der Waals surface area contributed by atoms with Gasteiger partial charge in [-0.15, -0.1) is 0 Å². The van der Waals surface area contributed by atoms with Gasteiger partial charge >= 0.3 is 0 Å². The zero-order chi connectivity index (χ0) is 19.3. The fourth-order valence-electron chi connectivity index (χ4n) is 3.32. The highest BCUT2D eigenvalue weighted by Gasteiger charge is 2.19. The number of rotatable bonds is 7. The zero-order valence-corrected chi connectivity index (χ0v) is 17.1. The third-order valence-electron chi connectivity index (χ3n) is 4.88. The molecule has 0 bridgehead atoms. The summed E-state index contributed by atoms with van der Waals surface area (Å²) >= 11 is 5.94. The van der Waals surface area contributed by atoms with Crippen LogP contribution in [0.5, 0.6) is 0 Å². The van der Waals surface area contributed by atoms with Crippen molar-refractivity contribution in [2.24, 2.45) is 0 Å². The predicted molar refractivity (Wildman–Crippen MR) is 111 cm³/mol. The number of para-hydroxylation sites is 1. The summed E-state index contributed by atoms with van der Waals surface area (Å²) in [7, 11) is -3.52. The van der Waals surface area contributed by atoms with Crippen molar-refractivity contribution >= 4 is 27.3 Å². The molecule has 1 fully saturated rings. The smallest absolute Gasteiger partial charge is 0.240 e. The number of nitrogens with zero attached hydrogens (tertiary/aromatic N) is 2. The van der Waals surface area contributed by atoms with Crippen LogP contribution in [0.4, 0.5) is 5.69 Å². The van der Waals surface area contributed by atoms with E-state index in [4.69, 9.17) is 11.6 Å². The SMILES string of the molecule is Cc1ccc(Cl)cc1S(=O)(=O)NCCCN1CCN(c2ccccc2)CC1. The average molecular weight is 408 g/mol. The van der Waals surface area contributed by atoms with Gasteiger partial charge in [0.15, 0.2) is 0 Å². The topological polar surface area (TPSA) is 52.7 Å². The van der Waals surface area contributed by atoms with Crippen LogP contribution in [-0.2, 0) is 10.0 Å². The van der Waals surface area contributed by atoms with Crippen LogP contribution in [0.2, 0.25) is 5.02 Å². The minimum atomic E-state index is -3.52. The summed E-state index contributed by atoms with van der Waals surface area (Å²) in [5.41, 5.74) is 1.96. The first-order chi connectivity index (χ1) is 13.0. The van der Waals surface area contributed by atoms with Crippen LogP contribution >= 0.6 is 11.6 Å². The Bertz CT molecular complexity index is 851. The van der Waals surface area contributed by atoms with Gasteiger partial charge < -0.3 is 4.90 Å². The third-order valence-corrected chi connectivity index (χ3v) is 6.71. The van der Waals surface area contributed by atoms with Crippen LogP contribution in [0, 0.1) is 6.92 Å². The minimum Gasteiger partial charge on any atom is -0.369 e. The highest BCUT2D eigenvalue weighted by molar-refractivity contribution is 7.89. The number of sulfonamides is 1. The Morgan fingerprint density at radius 1 is 1.04 bits per heavy atom. The molecule has 1 N–H and O–H groups in total. The second-order valence-corrected chi connectivity index (χ2v) is 9.00. The van der Waals surface area contributed by atoms with Crippen LogP contribution in [0.3, 0.4) is 0 Å². The number of benzene rings is 2. The summed E-state index contributed by atoms with van der Waals surface area (Å²) < 4.78 is 27.6. The molecule has 1 saturated heterocycles. The first kappa shape index (κ1) is 20.1. The van der Waals surface area contributed by atoms with Gasteiger partial charge in [0, 0.05) is 43.4 Å². The van der Waals surface area contributed by atoms with Gasteiger partial charge in [-0.2, -0.15) is 0 Å². The Morgan fingerprint density at radius 2 is 1.74 bits per heavy atom. The van der Waals surface area contributed by atoms with Crippen molar-refractivity contribution in [3.05, 3.63) is 59.1 Å². The number of piperazine rings is 1. The van der Waals surface area contributed by atoms with Gasteiger partial charge in [0.2, 0.25) is 10.0 Å². The average Bonchev–Trinajstić information content (AvgIpc) is 2.68. The Labute approximate surface area is 167 Å². The molecule has 0 aliphatic carbocycles. The molecule has 2 aromatic rings. The normalized spacial score (nSPS) is 15.9. The van der Waals surface area contributed by atoms with Crippen molar-refractivity contribution in [3.63, 3.8) is 0 Å². The van der Waals surface area contributed by atoms with E-state index in [0.29, 0.717) is 17.1 Å². The molecule has 27 heavy (non-hydrogen) atoms. The number of hydrogen-bond acceptors (Lipinski definition) is 4. The summed E-state index contributed by atoms with van der Waals surface area (Å²) in [6.45, 7) is 7.07. The summed E-state index contributed by atoms with van der Waals surface area (Å²) in [6.07, 6.45) is 0.782. The van der Waals surface area contributed by atoms with E-state index in [1.165, 1.54) is 11.8 Å². The zero-order valence-electron chi connectivity index (χ0n) is 15.6. The summed E-state index contributed by atoms with van der Waals surface area (Å²) in [5, 5.41) is 0.428. The number of aryl methyl sites for hydroxylation is 1. The highest BCUT2D eigenvalue weighted by atomic mass is 35.5. The van der Waals surface area contributed by atoms with E-state index in [1.54, 1.807) is 19.1 Å². The predicted octanol–water partition coefficient (Wildman–Crippen LogP) is 3.14. The summed E-state index contributed by atoms with van der Waals surface area (Å²) in [4.78, 5) is 5.03. The quantitative estimate of drug-likeness (QED) is 0.716. The largest absolute Gasteiger partial charge is 0.369 e. The molecule has 1 heterocycles. The lowest BCUT2D eigenvalue weighted by Crippen LogP contribution is -2.47. The van der Waals surface area contributed by atoms with E-state index < -0.39 is 10.0 Å². The van der Waals surface area contributed by atoms with Gasteiger partial charge in [-0.05, 0) is 49.7 Å². The molecule has 146 valence electrons. The third kappa shape index (κ3) is 5.45. The molecular weight excluding hydrogens is 382 g/mol. The number of halogens is 1. The second kappa shape index (κ2) is 9.06. The van der Waals surface area contributed by atoms with Crippen LogP contribution < -0.4 is 9.62 Å². The Morgan fingerprint density at radius 3 is 2.44 bits per heavy atom. The van der Waals surface area contributed by atoms with Crippen molar-refractivity contribution in [2.75, 3.05) is 44.2 Å². The lowest BCUT2D eigenvalue weighted by Gasteiger charge is -2.36. The molecule has 0 amide bonds. The first-order valence-electron chi connectivity index (χ1n) is 9.24. The fourth-order valence-corrected chi connectivity index (χ4v) is 4.90. The molecule has 3 rings (SSSR count). The van der Waals surface area contributed by atoms with Gasteiger partial charge in [0.05, 0.1) is 4.90 Å². The molecule has 0 unspecified atom stereocenters. The highest BCUT2D eigenvalue weighted by Crippen LogP contribution is 2.20. The molecule has 0 spiro atoms. The van der Waals surface area contributed by atoms with Crippen molar-refractivity contribution in [3.8, 4) is 0 Å². The van der Waals surface area contributed by atoms with E-state index in [0.717, 1.165) is 39.1 Å². The van der Waals surface area contributed by atoms with E-state index in [2.05, 4.69) is 38.8 Å². The van der Waals surface area contributed by atoms with Crippen molar-refractivity contribution in [1.82, 2.24) is 9.62 Å². The summed E-state index contributed by atoms with van der Waals surface area (Å²) in [5.74, 6) is 0. The minimum absolute atomic E-state index is 0.256. The van der Waals surface area contributed by atoms with Crippen molar-refractivity contribution in [1.29, 1.82) is 0 Å². The monoisotopic (exact) mass is 407 g/mol. The number of hydrogen-bond donors (Lipinski definition) is 1. The standard InChI is InChI=1S/C20H26ClN3O2S/c1-17-8-9-18(21)16-20(17)27(25,26)22-10-5-11-23-12-14-24(15-13-23)19-6-3-2-4-7-19/h2-4,6-9,16,22H,5,10-15H2,1H3. The molecule has 0 aromatic heterocycles. The lowest BCUT2D eigenvalue weighted by molar-refractivity contribution is 0.255. The van der Waals surface area contributed by atoms with Crippen molar-refractivity contribution < 1.29 is 8.42 Å². The maximum Gasteiger partial charge on any atom is 0.240 e. The van der Waals surface area contributed by atoms with Crippen LogP contribution in [0.15, 0.2) is 53.4 Å². The Balaban J connectivity index is 1.42. The van der Waals surface area contributed by atoms with Crippen LogP contribution in [0.25, 0.3) is 0 Å². The fraction of sp³-hybridized carbons (Fsp3) is 0.400. The number of anilines is 1. The van der Waals surface area contributed by atoms with Gasteiger partial charge in [-0.25, -0.2) is 13.1 Å². The number of nitrogens with one attached hydrogen (secondary N) is 1. The molecule has 5 nitrogen and oxygen atoms in total. The van der Waals surface area contributed by atoms with Gasteiger partial charge in [0.1, 0.15) is 0 Å². The van der Waals surface area contributed by atoms with Gasteiger partial charge in [-0.3, -0.25) is 4.90 Å². The molecule has 7 heteroatoms. The van der Waals surface area contributed by atoms with Gasteiger partial charge in [-0.1, -0.05) is 35.9 Å². The molecule has 0 atom stereocenters. The molecular formula is C20H26ClN3O2S. The van der Waals surface area contributed by atoms with Crippen LogP contribution in [0.1, 0.15) is 12.0 Å². The van der Waals surface area contributed by atoms with E-state index in [-0.39, 0.29) is 4.90 Å². The molecule has 1 aliphatic rings. The van der Waals surface area contributed by atoms with E-state index >= 15 is 0 Å². The Hall–Kier alpha value is -1.60. The maximum atomic E-state index is 12.5. The Kier molecular flexibility index (Phi) is 6.76. The summed E-state index contributed by atoms with van der Waals surface area (Å²) in [6, 6.07) is 15.4. The van der Waals surface area contributed by atoms with Gasteiger partial charge in [0.25, 0.3) is 0 Å².